The summed E-state index contributed by atoms with van der Waals surface area (Å²) < 4.78 is 133. The molecule has 0 aliphatic carbocycles. The zero-order valence-electron chi connectivity index (χ0n) is 72.8. The van der Waals surface area contributed by atoms with E-state index in [2.05, 4.69) is 13.2 Å². The predicted molar refractivity (Wildman–Crippen MR) is 500 cm³/mol. The molecule has 0 fully saturated rings. The maximum Gasteiger partial charge on any atom is 0.277 e. The van der Waals surface area contributed by atoms with Crippen LogP contribution in [0.4, 0.5) is 26.3 Å². The van der Waals surface area contributed by atoms with Crippen molar-refractivity contribution in [1.82, 2.24) is 28.7 Å². The molecule has 0 saturated heterocycles. The first kappa shape index (κ1) is 91.2. The Morgan fingerprint density at radius 3 is 1.26 bits per heavy atom. The summed E-state index contributed by atoms with van der Waals surface area (Å²) in [6.07, 6.45) is 14.9. The molecule has 0 radical (unpaired) electrons. The molecule has 19 rings (SSSR count). The Bertz CT molecular complexity index is 6650. The van der Waals surface area contributed by atoms with Gasteiger partial charge >= 0.3 is 0 Å². The number of rotatable bonds is 23. The molecule has 0 spiro atoms. The van der Waals surface area contributed by atoms with Gasteiger partial charge in [-0.1, -0.05) is 197 Å². The van der Waals surface area contributed by atoms with Crippen LogP contribution in [-0.4, -0.2) is 106 Å². The quantitative estimate of drug-likeness (QED) is 0.0433. The molecule has 3 amide bonds. The minimum Gasteiger partial charge on any atom is -0.493 e. The normalized spacial score (nSPS) is 16.4. The van der Waals surface area contributed by atoms with Gasteiger partial charge in [0.25, 0.3) is 17.7 Å². The molecular weight excluding hydrogens is 1770 g/mol. The number of carbonyl (C=O) groups excluding carboxylic acids is 3. The lowest BCUT2D eigenvalue weighted by molar-refractivity contribution is 0.0668. The van der Waals surface area contributed by atoms with Gasteiger partial charge in [-0.3, -0.25) is 57.8 Å². The fourth-order valence-electron chi connectivity index (χ4n) is 17.4. The molecule has 2 bridgehead atoms. The first-order valence-electron chi connectivity index (χ1n) is 43.7. The van der Waals surface area contributed by atoms with Crippen LogP contribution in [-0.2, 0) is 37.1 Å². The van der Waals surface area contributed by atoms with E-state index in [9.17, 15) is 33.2 Å². The zero-order valence-corrected chi connectivity index (χ0v) is 75.2. The molecule has 21 nitrogen and oxygen atoms in total. The van der Waals surface area contributed by atoms with Gasteiger partial charge in [-0.05, 0) is 77.3 Å². The summed E-state index contributed by atoms with van der Waals surface area (Å²) in [5.74, 6) is -5.82. The van der Waals surface area contributed by atoms with E-state index in [4.69, 9.17) is 28.4 Å². The first-order chi connectivity index (χ1) is 64.9. The summed E-state index contributed by atoms with van der Waals surface area (Å²) in [6, 6.07) is 56.5. The molecule has 30 heteroatoms. The predicted octanol–water partition coefficient (Wildman–Crippen LogP) is 19.4. The number of amides is 3. The van der Waals surface area contributed by atoms with E-state index in [0.29, 0.717) is 62.2 Å². The molecule has 133 heavy (non-hydrogen) atoms. The molecule has 682 valence electrons. The number of halogens is 6. The van der Waals surface area contributed by atoms with Crippen LogP contribution in [0.15, 0.2) is 285 Å². The summed E-state index contributed by atoms with van der Waals surface area (Å²) in [6.45, 7) is 13.8. The van der Waals surface area contributed by atoms with Gasteiger partial charge in [0.15, 0.2) is 69.2 Å². The van der Waals surface area contributed by atoms with Crippen LogP contribution >= 0.6 is 35.3 Å². The van der Waals surface area contributed by atoms with Gasteiger partial charge in [-0.25, -0.2) is 26.3 Å². The van der Waals surface area contributed by atoms with Crippen LogP contribution in [0.3, 0.4) is 0 Å². The van der Waals surface area contributed by atoms with Crippen molar-refractivity contribution in [1.29, 1.82) is 0 Å². The molecule has 9 aromatic carbocycles. The number of carbonyl (C=O) groups is 3. The number of unbranched alkanes of at least 4 members (excludes halogenated alkanes) is 1. The van der Waals surface area contributed by atoms with Crippen molar-refractivity contribution in [3.8, 4) is 34.5 Å². The molecule has 3 atom stereocenters. The fourth-order valence-corrected chi connectivity index (χ4v) is 20.7. The second-order valence-corrected chi connectivity index (χ2v) is 35.3. The Hall–Kier alpha value is -13.7. The highest BCUT2D eigenvalue weighted by Gasteiger charge is 2.46. The molecule has 12 aromatic rings. The van der Waals surface area contributed by atoms with Crippen LogP contribution in [0.5, 0.6) is 34.5 Å². The molecule has 2 unspecified atom stereocenters. The van der Waals surface area contributed by atoms with Crippen molar-refractivity contribution in [3.05, 3.63) is 406 Å². The number of aromatic nitrogens is 3. The van der Waals surface area contributed by atoms with E-state index >= 15 is 22.0 Å². The Morgan fingerprint density at radius 2 is 0.827 bits per heavy atom. The lowest BCUT2D eigenvalue weighted by Gasteiger charge is -2.44. The smallest absolute Gasteiger partial charge is 0.277 e. The summed E-state index contributed by atoms with van der Waals surface area (Å²) in [5, 5.41) is 5.71. The number of ether oxygens (including phenoxy) is 6. The highest BCUT2D eigenvalue weighted by atomic mass is 32.2. The standard InChI is InChI=1S/C35H35F2N3O4S.C35H31F2N3O4S.C33H27F2N3O4S/c2*1-3-5-16-38-22-40(39-17-15-27(41)34(33(39)35(38)42)44-20-23-11-7-6-8-12-23)32-24-13-9-10-14-29(24)45-21-25-30(32)28(43-18-4-2)19-26(36)31(25)37;34-24-17-26-28-23(29(24)35)19-43-27-12-6-5-11-22(27)30(28)38-20-36(14-7-2-8-16-41-26)33(40)31-32(25(39)13-15-37(31)38)42-18-21-9-3-1-4-10-21/h6-15,17,19,32H,3-5,16,18,20-22H2,1-2H3;3-4,6-15,17,19,32H,1-2,5,16,18,20-22H2;1-6,8-13,15,17,30H,7,14,16,18-20H2/b;;8-2+/t;;30-/m..0/s1. The van der Waals surface area contributed by atoms with Gasteiger partial charge in [0.05, 0.1) is 6.61 Å². The summed E-state index contributed by atoms with van der Waals surface area (Å²) in [4.78, 5) is 89.8. The van der Waals surface area contributed by atoms with Gasteiger partial charge in [0, 0.05) is 140 Å². The average Bonchev–Trinajstić information content (AvgIpc) is 1.72. The Balaban J connectivity index is 0.000000139. The van der Waals surface area contributed by atoms with Crippen molar-refractivity contribution in [2.75, 3.05) is 74.5 Å². The molecular formula is C103H93F6N9O12S3. The van der Waals surface area contributed by atoms with Crippen LogP contribution in [0, 0.1) is 34.9 Å². The van der Waals surface area contributed by atoms with Crippen LogP contribution in [0.2, 0.25) is 0 Å². The number of thioether (sulfide) groups is 3. The Labute approximate surface area is 776 Å². The minimum absolute atomic E-state index is 0.0424. The number of benzene rings is 9. The molecule has 7 aliphatic rings. The van der Waals surface area contributed by atoms with Gasteiger partial charge in [-0.15, -0.1) is 41.9 Å². The van der Waals surface area contributed by atoms with Crippen molar-refractivity contribution in [2.24, 2.45) is 0 Å². The summed E-state index contributed by atoms with van der Waals surface area (Å²) >= 11 is 4.25. The van der Waals surface area contributed by atoms with Crippen molar-refractivity contribution in [2.45, 2.75) is 116 Å². The maximum absolute atomic E-state index is 15.7. The first-order valence-corrected chi connectivity index (χ1v) is 46.7. The van der Waals surface area contributed by atoms with E-state index in [1.54, 1.807) is 47.2 Å². The van der Waals surface area contributed by atoms with E-state index < -0.39 is 75.2 Å². The maximum atomic E-state index is 15.7. The van der Waals surface area contributed by atoms with Crippen LogP contribution in [0.1, 0.15) is 162 Å². The number of pyridine rings is 3. The second kappa shape index (κ2) is 41.0. The Morgan fingerprint density at radius 1 is 0.429 bits per heavy atom. The lowest BCUT2D eigenvalue weighted by Crippen LogP contribution is -2.56. The summed E-state index contributed by atoms with van der Waals surface area (Å²) in [5.41, 5.74) is 5.96. The SMILES string of the molecule is C=CCCN1CN(C2c3ccccc3SCc3c(F)c(F)cc(OCC=C)c32)n2ccc(=O)c(OCc3ccccc3)c2C1=O.CCCCN1CN(C2c3ccccc3SCc3c(F)c(F)cc(OCCC)c32)n2ccc(=O)c(OCc3ccccc3)c2C1=O.O=C1c2c(OCc3ccccc3)c(=O)ccn2N2CN1CC/C=C/COc1cc(F)c(F)c3c1[C@@H]2c1ccccc1SC3. The number of hydrogen-bond donors (Lipinski definition) is 0. The highest BCUT2D eigenvalue weighted by Crippen LogP contribution is 2.52. The van der Waals surface area contributed by atoms with Crippen LogP contribution in [0.25, 0.3) is 0 Å². The van der Waals surface area contributed by atoms with Gasteiger partial charge in [0.2, 0.25) is 16.3 Å². The molecule has 7 aliphatic heterocycles. The van der Waals surface area contributed by atoms with E-state index in [-0.39, 0.29) is 150 Å². The molecule has 0 saturated carbocycles. The third-order valence-corrected chi connectivity index (χ3v) is 27.1. The summed E-state index contributed by atoms with van der Waals surface area (Å²) in [7, 11) is 0. The van der Waals surface area contributed by atoms with Gasteiger partial charge in [0.1, 0.15) is 88.4 Å². The molecule has 10 heterocycles. The fraction of sp³-hybridized carbons (Fsp3) is 0.243. The van der Waals surface area contributed by atoms with Crippen molar-refractivity contribution >= 4 is 53.0 Å². The lowest BCUT2D eigenvalue weighted by atomic mass is 9.92. The second-order valence-electron chi connectivity index (χ2n) is 32.2. The topological polar surface area (TPSA) is 192 Å². The van der Waals surface area contributed by atoms with E-state index in [0.717, 1.165) is 79.1 Å². The van der Waals surface area contributed by atoms with Crippen molar-refractivity contribution < 1.29 is 69.1 Å². The number of hydrogen-bond acceptors (Lipinski definition) is 18. The molecule has 0 N–H and O–H groups in total. The monoisotopic (exact) mass is 1860 g/mol. The minimum atomic E-state index is -1.01. The van der Waals surface area contributed by atoms with Crippen molar-refractivity contribution in [3.63, 3.8) is 0 Å². The highest BCUT2D eigenvalue weighted by molar-refractivity contribution is 7.99. The number of nitrogens with zero attached hydrogens (tertiary/aromatic N) is 9. The molecule has 3 aromatic heterocycles. The Kier molecular flexibility index (Phi) is 28.1. The van der Waals surface area contributed by atoms with Gasteiger partial charge < -0.3 is 43.1 Å². The third-order valence-electron chi connectivity index (χ3n) is 23.7. The van der Waals surface area contributed by atoms with Crippen LogP contribution < -0.4 is 59.7 Å². The van der Waals surface area contributed by atoms with Gasteiger partial charge in [-0.2, -0.15) is 0 Å². The third kappa shape index (κ3) is 18.6. The van der Waals surface area contributed by atoms with E-state index in [1.807, 2.05) is 205 Å². The average molecular weight is 1860 g/mol. The zero-order chi connectivity index (χ0) is 92.5. The largest absolute Gasteiger partial charge is 0.493 e. The number of fused-ring (bicyclic) bond motifs is 13. The van der Waals surface area contributed by atoms with E-state index in [1.165, 1.54) is 65.8 Å².